The van der Waals surface area contributed by atoms with Gasteiger partial charge in [0.2, 0.25) is 0 Å². The third-order valence-electron chi connectivity index (χ3n) is 2.35. The molecule has 0 bridgehead atoms. The molecule has 0 saturated carbocycles. The van der Waals surface area contributed by atoms with Crippen molar-refractivity contribution < 1.29 is 27.5 Å². The van der Waals surface area contributed by atoms with Gasteiger partial charge in [0.25, 0.3) is 0 Å². The Bertz CT molecular complexity index is 417. The molecule has 0 heterocycles. The van der Waals surface area contributed by atoms with Gasteiger partial charge >= 0.3 is 6.18 Å². The summed E-state index contributed by atoms with van der Waals surface area (Å²) in [6, 6.07) is 4.55. The van der Waals surface area contributed by atoms with E-state index in [0.29, 0.717) is 0 Å². The first-order valence-electron chi connectivity index (χ1n) is 5.50. The number of rotatable bonds is 6. The van der Waals surface area contributed by atoms with E-state index in [4.69, 9.17) is 5.11 Å². The number of alkyl halides is 3. The van der Waals surface area contributed by atoms with Crippen molar-refractivity contribution in [2.24, 2.45) is 0 Å². The van der Waals surface area contributed by atoms with Crippen LogP contribution in [-0.2, 0) is 0 Å². The topological polar surface area (TPSA) is 40.5 Å². The second kappa shape index (κ2) is 6.63. The number of aliphatic hydroxyl groups excluding tert-OH is 1. The fourth-order valence-electron chi connectivity index (χ4n) is 1.54. The minimum absolute atomic E-state index is 0.131. The predicted octanol–water partition coefficient (Wildman–Crippen LogP) is 1.86. The number of carbonyl (C=O) groups is 1. The number of aliphatic hydroxyl groups is 1. The lowest BCUT2D eigenvalue weighted by molar-refractivity contribution is -0.145. The van der Waals surface area contributed by atoms with Crippen LogP contribution in [0.2, 0.25) is 0 Å². The van der Waals surface area contributed by atoms with Crippen molar-refractivity contribution in [1.82, 2.24) is 4.90 Å². The van der Waals surface area contributed by atoms with Gasteiger partial charge in [-0.2, -0.15) is 13.2 Å². The number of hydrogen-bond donors (Lipinski definition) is 1. The zero-order valence-corrected chi connectivity index (χ0v) is 9.95. The molecule has 0 atom stereocenters. The van der Waals surface area contributed by atoms with Crippen molar-refractivity contribution in [3.05, 3.63) is 35.6 Å². The van der Waals surface area contributed by atoms with Crippen LogP contribution in [-0.4, -0.2) is 48.2 Å². The fourth-order valence-corrected chi connectivity index (χ4v) is 1.54. The van der Waals surface area contributed by atoms with Gasteiger partial charge in [0.15, 0.2) is 5.78 Å². The molecule has 0 amide bonds. The van der Waals surface area contributed by atoms with Gasteiger partial charge in [-0.15, -0.1) is 0 Å². The van der Waals surface area contributed by atoms with E-state index in [1.165, 1.54) is 12.1 Å². The average molecular weight is 279 g/mol. The first-order valence-corrected chi connectivity index (χ1v) is 5.50. The number of hydrogen-bond acceptors (Lipinski definition) is 3. The Labute approximate surface area is 107 Å². The summed E-state index contributed by atoms with van der Waals surface area (Å²) in [6.45, 7) is -2.49. The van der Waals surface area contributed by atoms with Crippen LogP contribution in [0.5, 0.6) is 0 Å². The minimum Gasteiger partial charge on any atom is -0.395 e. The van der Waals surface area contributed by atoms with Crippen LogP contribution in [0.1, 0.15) is 10.4 Å². The highest BCUT2D eigenvalue weighted by Crippen LogP contribution is 2.16. The molecule has 0 saturated heterocycles. The SMILES string of the molecule is O=C(CN(CCO)CC(F)(F)F)c1ccc(F)cc1. The molecule has 0 aliphatic carbocycles. The van der Waals surface area contributed by atoms with Gasteiger partial charge in [-0.25, -0.2) is 4.39 Å². The molecule has 0 unspecified atom stereocenters. The molecule has 0 aliphatic heterocycles. The lowest BCUT2D eigenvalue weighted by Crippen LogP contribution is -2.39. The molecule has 0 radical (unpaired) electrons. The number of carbonyl (C=O) groups excluding carboxylic acids is 1. The van der Waals surface area contributed by atoms with Gasteiger partial charge in [0, 0.05) is 12.1 Å². The van der Waals surface area contributed by atoms with Gasteiger partial charge in [0.1, 0.15) is 5.82 Å². The lowest BCUT2D eigenvalue weighted by Gasteiger charge is -2.21. The fraction of sp³-hybridized carbons (Fsp3) is 0.417. The molecular formula is C12H13F4NO2. The van der Waals surface area contributed by atoms with Gasteiger partial charge in [0.05, 0.1) is 19.7 Å². The van der Waals surface area contributed by atoms with Gasteiger partial charge in [-0.3, -0.25) is 9.69 Å². The normalized spacial score (nSPS) is 11.9. The number of ketones is 1. The van der Waals surface area contributed by atoms with Crippen molar-refractivity contribution in [3.8, 4) is 0 Å². The molecule has 1 rings (SSSR count). The summed E-state index contributed by atoms with van der Waals surface area (Å²) in [5.74, 6) is -1.09. The summed E-state index contributed by atoms with van der Waals surface area (Å²) < 4.78 is 49.4. The second-order valence-electron chi connectivity index (χ2n) is 3.98. The summed E-state index contributed by atoms with van der Waals surface area (Å²) in [6.07, 6.45) is -4.45. The Kier molecular flexibility index (Phi) is 5.44. The number of halogens is 4. The van der Waals surface area contributed by atoms with E-state index in [0.717, 1.165) is 17.0 Å². The third-order valence-corrected chi connectivity index (χ3v) is 2.35. The molecule has 106 valence electrons. The molecule has 1 aromatic rings. The molecule has 3 nitrogen and oxygen atoms in total. The molecule has 0 spiro atoms. The van der Waals surface area contributed by atoms with E-state index in [-0.39, 0.29) is 12.1 Å². The monoisotopic (exact) mass is 279 g/mol. The molecule has 0 fully saturated rings. The summed E-state index contributed by atoms with van der Waals surface area (Å²) >= 11 is 0. The Morgan fingerprint density at radius 1 is 1.21 bits per heavy atom. The van der Waals surface area contributed by atoms with Crippen LogP contribution in [0, 0.1) is 5.82 Å². The average Bonchev–Trinajstić information content (AvgIpc) is 2.27. The van der Waals surface area contributed by atoms with E-state index in [9.17, 15) is 22.4 Å². The van der Waals surface area contributed by atoms with Gasteiger partial charge in [-0.05, 0) is 24.3 Å². The minimum atomic E-state index is -4.45. The lowest BCUT2D eigenvalue weighted by atomic mass is 10.1. The number of Topliss-reactive ketones (excluding diaryl/α,β-unsaturated/α-hetero) is 1. The summed E-state index contributed by atoms with van der Waals surface area (Å²) in [5, 5.41) is 8.68. The van der Waals surface area contributed by atoms with E-state index < -0.39 is 37.5 Å². The molecule has 1 N–H and O–H groups in total. The van der Waals surface area contributed by atoms with E-state index in [1.54, 1.807) is 0 Å². The van der Waals surface area contributed by atoms with Gasteiger partial charge < -0.3 is 5.11 Å². The molecule has 0 aromatic heterocycles. The molecule has 0 aliphatic rings. The van der Waals surface area contributed by atoms with Crippen LogP contribution >= 0.6 is 0 Å². The highest BCUT2D eigenvalue weighted by atomic mass is 19.4. The van der Waals surface area contributed by atoms with Crippen LogP contribution in [0.3, 0.4) is 0 Å². The summed E-state index contributed by atoms with van der Waals surface area (Å²) in [5.41, 5.74) is 0.131. The molecular weight excluding hydrogens is 266 g/mol. The maximum absolute atomic E-state index is 12.7. The Balaban J connectivity index is 2.68. The maximum atomic E-state index is 12.7. The first-order chi connectivity index (χ1) is 8.81. The van der Waals surface area contributed by atoms with E-state index in [1.807, 2.05) is 0 Å². The highest BCUT2D eigenvalue weighted by Gasteiger charge is 2.31. The largest absolute Gasteiger partial charge is 0.401 e. The van der Waals surface area contributed by atoms with Crippen LogP contribution in [0.4, 0.5) is 17.6 Å². The first kappa shape index (κ1) is 15.6. The second-order valence-corrected chi connectivity index (χ2v) is 3.98. The Morgan fingerprint density at radius 2 is 1.79 bits per heavy atom. The molecule has 19 heavy (non-hydrogen) atoms. The van der Waals surface area contributed by atoms with Crippen LogP contribution in [0.15, 0.2) is 24.3 Å². The van der Waals surface area contributed by atoms with Crippen molar-refractivity contribution in [2.75, 3.05) is 26.2 Å². The van der Waals surface area contributed by atoms with Crippen molar-refractivity contribution in [3.63, 3.8) is 0 Å². The van der Waals surface area contributed by atoms with E-state index >= 15 is 0 Å². The third kappa shape index (κ3) is 5.80. The van der Waals surface area contributed by atoms with Crippen LogP contribution < -0.4 is 0 Å². The van der Waals surface area contributed by atoms with Crippen LogP contribution in [0.25, 0.3) is 0 Å². The summed E-state index contributed by atoms with van der Waals surface area (Å²) in [4.78, 5) is 12.5. The Hall–Kier alpha value is -1.47. The zero-order valence-electron chi connectivity index (χ0n) is 9.95. The van der Waals surface area contributed by atoms with E-state index in [2.05, 4.69) is 0 Å². The van der Waals surface area contributed by atoms with Crippen molar-refractivity contribution in [1.29, 1.82) is 0 Å². The Morgan fingerprint density at radius 3 is 2.26 bits per heavy atom. The predicted molar refractivity (Wildman–Crippen MR) is 60.3 cm³/mol. The molecule has 1 aromatic carbocycles. The molecule has 7 heteroatoms. The summed E-state index contributed by atoms with van der Waals surface area (Å²) in [7, 11) is 0. The number of nitrogens with zero attached hydrogens (tertiary/aromatic N) is 1. The van der Waals surface area contributed by atoms with Crippen molar-refractivity contribution >= 4 is 5.78 Å². The van der Waals surface area contributed by atoms with Crippen molar-refractivity contribution in [2.45, 2.75) is 6.18 Å². The highest BCUT2D eigenvalue weighted by molar-refractivity contribution is 5.97. The van der Waals surface area contributed by atoms with Gasteiger partial charge in [-0.1, -0.05) is 0 Å². The quantitative estimate of drug-likeness (QED) is 0.638. The number of benzene rings is 1. The zero-order chi connectivity index (χ0) is 14.5. The smallest absolute Gasteiger partial charge is 0.395 e. The maximum Gasteiger partial charge on any atom is 0.401 e. The standard InChI is InChI=1S/C12H13F4NO2/c13-10-3-1-9(2-4-10)11(19)7-17(5-6-18)8-12(14,15)16/h1-4,18H,5-8H2.